The van der Waals surface area contributed by atoms with E-state index >= 15 is 0 Å². The van der Waals surface area contributed by atoms with Gasteiger partial charge in [0.1, 0.15) is 11.6 Å². The van der Waals surface area contributed by atoms with E-state index in [9.17, 15) is 9.59 Å². The molecule has 8 heteroatoms. The lowest BCUT2D eigenvalue weighted by molar-refractivity contribution is 0.0535. The Labute approximate surface area is 230 Å². The molecule has 0 radical (unpaired) electrons. The fraction of sp³-hybridized carbons (Fsp3) is 0.125. The molecular weight excluding hydrogens is 500 g/mol. The zero-order valence-corrected chi connectivity index (χ0v) is 21.7. The predicted octanol–water partition coefficient (Wildman–Crippen LogP) is 5.37. The molecule has 4 aromatic carbocycles. The normalized spacial score (nSPS) is 13.7. The van der Waals surface area contributed by atoms with Gasteiger partial charge in [0.05, 0.1) is 22.1 Å². The Morgan fingerprint density at radius 1 is 0.550 bits per heavy atom. The van der Waals surface area contributed by atoms with Crippen molar-refractivity contribution in [3.63, 3.8) is 0 Å². The fourth-order valence-electron chi connectivity index (χ4n) is 5.26. The number of imidazole rings is 2. The number of piperazine rings is 1. The van der Waals surface area contributed by atoms with E-state index in [1.54, 1.807) is 0 Å². The molecule has 1 aliphatic heterocycles. The van der Waals surface area contributed by atoms with Crippen LogP contribution in [0.25, 0.3) is 44.8 Å². The van der Waals surface area contributed by atoms with E-state index < -0.39 is 0 Å². The van der Waals surface area contributed by atoms with Crippen LogP contribution in [0, 0.1) is 0 Å². The summed E-state index contributed by atoms with van der Waals surface area (Å²) in [6.45, 7) is 1.90. The molecule has 0 atom stereocenters. The quantitative estimate of drug-likeness (QED) is 0.323. The first-order chi connectivity index (χ1) is 19.6. The van der Waals surface area contributed by atoms with E-state index in [2.05, 4.69) is 19.9 Å². The van der Waals surface area contributed by atoms with Crippen molar-refractivity contribution in [3.8, 4) is 22.8 Å². The van der Waals surface area contributed by atoms with Crippen LogP contribution in [0.15, 0.2) is 97.1 Å². The number of aromatic amines is 2. The molecular formula is C32H26N6O2. The molecule has 2 N–H and O–H groups in total. The van der Waals surface area contributed by atoms with Crippen molar-refractivity contribution in [2.45, 2.75) is 0 Å². The Bertz CT molecular complexity index is 1680. The summed E-state index contributed by atoms with van der Waals surface area (Å²) in [6, 6.07) is 30.8. The molecule has 0 spiro atoms. The Morgan fingerprint density at radius 2 is 0.975 bits per heavy atom. The van der Waals surface area contributed by atoms with Crippen LogP contribution in [0.2, 0.25) is 0 Å². The first-order valence-corrected chi connectivity index (χ1v) is 13.3. The monoisotopic (exact) mass is 526 g/mol. The topological polar surface area (TPSA) is 98.0 Å². The number of para-hydroxylation sites is 4. The highest BCUT2D eigenvalue weighted by Gasteiger charge is 2.26. The molecule has 196 valence electrons. The lowest BCUT2D eigenvalue weighted by Gasteiger charge is -2.35. The highest BCUT2D eigenvalue weighted by atomic mass is 16.2. The summed E-state index contributed by atoms with van der Waals surface area (Å²) in [5, 5.41) is 0. The predicted molar refractivity (Wildman–Crippen MR) is 155 cm³/mol. The minimum absolute atomic E-state index is 0.0445. The molecule has 2 amide bonds. The number of nitrogens with zero attached hydrogens (tertiary/aromatic N) is 4. The second kappa shape index (κ2) is 9.81. The third-order valence-corrected chi connectivity index (χ3v) is 7.40. The summed E-state index contributed by atoms with van der Waals surface area (Å²) < 4.78 is 0. The Hall–Kier alpha value is -5.24. The Kier molecular flexibility index (Phi) is 5.85. The van der Waals surface area contributed by atoms with Gasteiger partial charge in [-0.3, -0.25) is 9.59 Å². The maximum Gasteiger partial charge on any atom is 0.253 e. The molecule has 1 saturated heterocycles. The maximum atomic E-state index is 13.4. The van der Waals surface area contributed by atoms with Gasteiger partial charge < -0.3 is 19.8 Å². The van der Waals surface area contributed by atoms with E-state index in [1.807, 2.05) is 107 Å². The average molecular weight is 527 g/mol. The molecule has 6 aromatic rings. The fourth-order valence-corrected chi connectivity index (χ4v) is 5.26. The van der Waals surface area contributed by atoms with Crippen molar-refractivity contribution in [2.75, 3.05) is 26.2 Å². The van der Waals surface area contributed by atoms with Crippen molar-refractivity contribution < 1.29 is 9.59 Å². The highest BCUT2D eigenvalue weighted by molar-refractivity contribution is 5.97. The van der Waals surface area contributed by atoms with Gasteiger partial charge in [0, 0.05) is 48.4 Å². The summed E-state index contributed by atoms with van der Waals surface area (Å²) in [5.41, 5.74) is 6.63. The van der Waals surface area contributed by atoms with Crippen LogP contribution < -0.4 is 0 Å². The largest absolute Gasteiger partial charge is 0.338 e. The number of carbonyl (C=O) groups excluding carboxylic acids is 2. The standard InChI is InChI=1S/C32H26N6O2/c39-31(23-9-5-7-21(19-23)29-33-25-11-1-2-12-26(25)34-29)37-15-17-38(18-16-37)32(40)24-10-6-8-22(20-24)30-35-27-13-3-4-14-28(27)36-30/h1-14,19-20H,15-18H2,(H,33,34)(H,35,36). The smallest absolute Gasteiger partial charge is 0.253 e. The number of fused-ring (bicyclic) bond motifs is 2. The molecule has 8 nitrogen and oxygen atoms in total. The van der Waals surface area contributed by atoms with E-state index in [1.165, 1.54) is 0 Å². The number of hydrogen-bond acceptors (Lipinski definition) is 4. The first kappa shape index (κ1) is 23.8. The molecule has 0 unspecified atom stereocenters. The van der Waals surface area contributed by atoms with E-state index in [-0.39, 0.29) is 11.8 Å². The number of amides is 2. The third kappa shape index (κ3) is 4.39. The van der Waals surface area contributed by atoms with Crippen molar-refractivity contribution in [1.82, 2.24) is 29.7 Å². The van der Waals surface area contributed by atoms with Crippen LogP contribution in [0.5, 0.6) is 0 Å². The van der Waals surface area contributed by atoms with Crippen molar-refractivity contribution in [2.24, 2.45) is 0 Å². The van der Waals surface area contributed by atoms with Crippen molar-refractivity contribution in [3.05, 3.63) is 108 Å². The van der Waals surface area contributed by atoms with Gasteiger partial charge in [0.2, 0.25) is 0 Å². The molecule has 1 fully saturated rings. The minimum Gasteiger partial charge on any atom is -0.338 e. The van der Waals surface area contributed by atoms with Gasteiger partial charge in [-0.05, 0) is 48.5 Å². The lowest BCUT2D eigenvalue weighted by Crippen LogP contribution is -2.50. The Balaban J connectivity index is 1.03. The second-order valence-electron chi connectivity index (χ2n) is 9.95. The zero-order chi connectivity index (χ0) is 27.1. The van der Waals surface area contributed by atoms with Gasteiger partial charge in [-0.25, -0.2) is 9.97 Å². The van der Waals surface area contributed by atoms with Crippen LogP contribution in [0.3, 0.4) is 0 Å². The number of aromatic nitrogens is 4. The lowest BCUT2D eigenvalue weighted by atomic mass is 10.1. The van der Waals surface area contributed by atoms with Gasteiger partial charge in [0.25, 0.3) is 11.8 Å². The summed E-state index contributed by atoms with van der Waals surface area (Å²) >= 11 is 0. The van der Waals surface area contributed by atoms with E-state index in [0.29, 0.717) is 37.3 Å². The van der Waals surface area contributed by atoms with Gasteiger partial charge >= 0.3 is 0 Å². The van der Waals surface area contributed by atoms with Gasteiger partial charge in [-0.2, -0.15) is 0 Å². The number of hydrogen-bond donors (Lipinski definition) is 2. The molecule has 0 saturated carbocycles. The molecule has 7 rings (SSSR count). The average Bonchev–Trinajstić information content (AvgIpc) is 3.65. The number of carbonyl (C=O) groups is 2. The van der Waals surface area contributed by atoms with E-state index in [4.69, 9.17) is 0 Å². The van der Waals surface area contributed by atoms with Crippen LogP contribution in [0.1, 0.15) is 20.7 Å². The Morgan fingerprint density at radius 3 is 1.40 bits per heavy atom. The summed E-state index contributed by atoms with van der Waals surface area (Å²) in [7, 11) is 0. The van der Waals surface area contributed by atoms with Gasteiger partial charge in [-0.1, -0.05) is 48.5 Å². The van der Waals surface area contributed by atoms with Crippen LogP contribution >= 0.6 is 0 Å². The molecule has 3 heterocycles. The van der Waals surface area contributed by atoms with Crippen LogP contribution in [0.4, 0.5) is 0 Å². The second-order valence-corrected chi connectivity index (χ2v) is 9.95. The number of nitrogens with one attached hydrogen (secondary N) is 2. The van der Waals surface area contributed by atoms with Crippen molar-refractivity contribution in [1.29, 1.82) is 0 Å². The molecule has 1 aliphatic rings. The van der Waals surface area contributed by atoms with Crippen LogP contribution in [-0.4, -0.2) is 67.7 Å². The zero-order valence-electron chi connectivity index (χ0n) is 21.7. The summed E-state index contributed by atoms with van der Waals surface area (Å²) in [4.78, 5) is 46.3. The molecule has 0 aliphatic carbocycles. The minimum atomic E-state index is -0.0445. The molecule has 0 bridgehead atoms. The number of rotatable bonds is 4. The SMILES string of the molecule is O=C(c1cccc(-c2nc3ccccc3[nH]2)c1)N1CCN(C(=O)c2cccc(-c3nc4ccccc4[nH]3)c2)CC1. The first-order valence-electron chi connectivity index (χ1n) is 13.3. The summed E-state index contributed by atoms with van der Waals surface area (Å²) in [5.74, 6) is 1.38. The van der Waals surface area contributed by atoms with Gasteiger partial charge in [-0.15, -0.1) is 0 Å². The van der Waals surface area contributed by atoms with Gasteiger partial charge in [0.15, 0.2) is 0 Å². The van der Waals surface area contributed by atoms with Crippen molar-refractivity contribution >= 4 is 33.9 Å². The van der Waals surface area contributed by atoms with Crippen LogP contribution in [-0.2, 0) is 0 Å². The molecule has 2 aromatic heterocycles. The maximum absolute atomic E-state index is 13.4. The summed E-state index contributed by atoms with van der Waals surface area (Å²) in [6.07, 6.45) is 0. The number of benzene rings is 4. The van der Waals surface area contributed by atoms with E-state index in [0.717, 1.165) is 44.8 Å². The third-order valence-electron chi connectivity index (χ3n) is 7.40. The number of H-pyrrole nitrogens is 2. The highest BCUT2D eigenvalue weighted by Crippen LogP contribution is 2.24. The molecule has 40 heavy (non-hydrogen) atoms.